The van der Waals surface area contributed by atoms with E-state index >= 15 is 0 Å². The molecule has 0 spiro atoms. The first kappa shape index (κ1) is 15.1. The predicted octanol–water partition coefficient (Wildman–Crippen LogP) is 0.768. The van der Waals surface area contributed by atoms with Crippen molar-refractivity contribution >= 4 is 11.9 Å². The number of carbonyl (C=O) groups excluding carboxylic acids is 1. The smallest absolute Gasteiger partial charge is 0.337 e. The molecule has 0 saturated carbocycles. The summed E-state index contributed by atoms with van der Waals surface area (Å²) in [5.74, 6) is -1.34. The highest BCUT2D eigenvalue weighted by molar-refractivity contribution is 5.94. The molecule has 1 aromatic rings. The van der Waals surface area contributed by atoms with Crippen molar-refractivity contribution in [3.8, 4) is 0 Å². The van der Waals surface area contributed by atoms with Crippen LogP contribution in [0.4, 0.5) is 0 Å². The standard InChI is InChI=1S/C13H19N3O3/c1-8(16(3)4)7-14-12(17)11-6-5-10(13(18)19)9(2)15-11/h5-6,8H,7H2,1-4H3,(H,14,17)(H,18,19). The van der Waals surface area contributed by atoms with Crippen molar-refractivity contribution in [3.05, 3.63) is 29.1 Å². The van der Waals surface area contributed by atoms with Crippen LogP contribution in [0.2, 0.25) is 0 Å². The molecule has 0 saturated heterocycles. The van der Waals surface area contributed by atoms with Gasteiger partial charge < -0.3 is 15.3 Å². The maximum absolute atomic E-state index is 11.9. The molecule has 0 aliphatic heterocycles. The van der Waals surface area contributed by atoms with Crippen LogP contribution in [-0.4, -0.2) is 53.5 Å². The van der Waals surface area contributed by atoms with Gasteiger partial charge in [-0.25, -0.2) is 9.78 Å². The Balaban J connectivity index is 2.73. The zero-order valence-corrected chi connectivity index (χ0v) is 11.6. The number of aromatic carboxylic acids is 1. The van der Waals surface area contributed by atoms with Crippen LogP contribution >= 0.6 is 0 Å². The molecule has 2 N–H and O–H groups in total. The number of nitrogens with zero attached hydrogens (tertiary/aromatic N) is 2. The van der Waals surface area contributed by atoms with Crippen LogP contribution in [0.25, 0.3) is 0 Å². The first-order valence-corrected chi connectivity index (χ1v) is 5.98. The monoisotopic (exact) mass is 265 g/mol. The number of likely N-dealkylation sites (N-methyl/N-ethyl adjacent to an activating group) is 1. The third kappa shape index (κ3) is 4.03. The van der Waals surface area contributed by atoms with Crippen molar-refractivity contribution in [2.45, 2.75) is 19.9 Å². The lowest BCUT2D eigenvalue weighted by Gasteiger charge is -2.19. The van der Waals surface area contributed by atoms with E-state index in [1.54, 1.807) is 6.92 Å². The Morgan fingerprint density at radius 1 is 1.42 bits per heavy atom. The van der Waals surface area contributed by atoms with Gasteiger partial charge in [0, 0.05) is 12.6 Å². The molecule has 1 atom stereocenters. The minimum absolute atomic E-state index is 0.109. The van der Waals surface area contributed by atoms with Crippen LogP contribution in [0.1, 0.15) is 33.5 Å². The fraction of sp³-hybridized carbons (Fsp3) is 0.462. The number of aromatic nitrogens is 1. The topological polar surface area (TPSA) is 82.5 Å². The Bertz CT molecular complexity index is 486. The quantitative estimate of drug-likeness (QED) is 0.821. The molecular weight excluding hydrogens is 246 g/mol. The summed E-state index contributed by atoms with van der Waals surface area (Å²) in [6.45, 7) is 4.07. The van der Waals surface area contributed by atoms with Gasteiger partial charge in [0.25, 0.3) is 5.91 Å². The lowest BCUT2D eigenvalue weighted by atomic mass is 10.2. The average molecular weight is 265 g/mol. The second-order valence-electron chi connectivity index (χ2n) is 4.66. The molecule has 1 rings (SSSR count). The number of carboxylic acid groups (broad SMARTS) is 1. The number of aryl methyl sites for hydroxylation is 1. The SMILES string of the molecule is Cc1nc(C(=O)NCC(C)N(C)C)ccc1C(=O)O. The van der Waals surface area contributed by atoms with Crippen LogP contribution in [0.5, 0.6) is 0 Å². The second kappa shape index (κ2) is 6.29. The summed E-state index contributed by atoms with van der Waals surface area (Å²) in [4.78, 5) is 28.7. The van der Waals surface area contributed by atoms with Gasteiger partial charge in [-0.15, -0.1) is 0 Å². The predicted molar refractivity (Wildman–Crippen MR) is 71.4 cm³/mol. The van der Waals surface area contributed by atoms with E-state index in [2.05, 4.69) is 10.3 Å². The maximum atomic E-state index is 11.9. The Morgan fingerprint density at radius 2 is 2.05 bits per heavy atom. The maximum Gasteiger partial charge on any atom is 0.337 e. The number of rotatable bonds is 5. The van der Waals surface area contributed by atoms with Gasteiger partial charge in [-0.05, 0) is 40.1 Å². The largest absolute Gasteiger partial charge is 0.478 e. The van der Waals surface area contributed by atoms with Crippen molar-refractivity contribution in [2.24, 2.45) is 0 Å². The summed E-state index contributed by atoms with van der Waals surface area (Å²) in [7, 11) is 3.86. The van der Waals surface area contributed by atoms with Crippen molar-refractivity contribution < 1.29 is 14.7 Å². The number of nitrogens with one attached hydrogen (secondary N) is 1. The van der Waals surface area contributed by atoms with Gasteiger partial charge in [0.15, 0.2) is 0 Å². The molecule has 1 heterocycles. The number of hydrogen-bond donors (Lipinski definition) is 2. The summed E-state index contributed by atoms with van der Waals surface area (Å²) in [6.07, 6.45) is 0. The molecule has 0 radical (unpaired) electrons. The first-order valence-electron chi connectivity index (χ1n) is 5.98. The van der Waals surface area contributed by atoms with Gasteiger partial charge in [0.2, 0.25) is 0 Å². The zero-order chi connectivity index (χ0) is 14.6. The molecular formula is C13H19N3O3. The van der Waals surface area contributed by atoms with E-state index in [1.807, 2.05) is 25.9 Å². The van der Waals surface area contributed by atoms with Crippen LogP contribution in [-0.2, 0) is 0 Å². The lowest BCUT2D eigenvalue weighted by molar-refractivity contribution is 0.0694. The number of amides is 1. The van der Waals surface area contributed by atoms with Gasteiger partial charge in [0.05, 0.1) is 11.3 Å². The van der Waals surface area contributed by atoms with Crippen LogP contribution in [0, 0.1) is 6.92 Å². The average Bonchev–Trinajstić information content (AvgIpc) is 2.34. The minimum atomic E-state index is -1.04. The number of hydrogen-bond acceptors (Lipinski definition) is 4. The molecule has 1 amide bonds. The highest BCUT2D eigenvalue weighted by Gasteiger charge is 2.14. The molecule has 0 aliphatic rings. The van der Waals surface area contributed by atoms with Crippen molar-refractivity contribution in [1.82, 2.24) is 15.2 Å². The molecule has 0 aromatic carbocycles. The van der Waals surface area contributed by atoms with Crippen molar-refractivity contribution in [2.75, 3.05) is 20.6 Å². The molecule has 6 nitrogen and oxygen atoms in total. The van der Waals surface area contributed by atoms with E-state index in [-0.39, 0.29) is 23.2 Å². The molecule has 1 aromatic heterocycles. The Hall–Kier alpha value is -1.95. The summed E-state index contributed by atoms with van der Waals surface area (Å²) in [5.41, 5.74) is 0.674. The molecule has 0 fully saturated rings. The van der Waals surface area contributed by atoms with Crippen molar-refractivity contribution in [1.29, 1.82) is 0 Å². The highest BCUT2D eigenvalue weighted by Crippen LogP contribution is 2.07. The Labute approximate surface area is 112 Å². The van der Waals surface area contributed by atoms with E-state index in [9.17, 15) is 9.59 Å². The number of pyridine rings is 1. The van der Waals surface area contributed by atoms with E-state index < -0.39 is 5.97 Å². The normalized spacial score (nSPS) is 12.3. The second-order valence-corrected chi connectivity index (χ2v) is 4.66. The lowest BCUT2D eigenvalue weighted by Crippen LogP contribution is -2.38. The summed E-state index contributed by atoms with van der Waals surface area (Å²) in [6, 6.07) is 3.03. The fourth-order valence-corrected chi connectivity index (χ4v) is 1.43. The van der Waals surface area contributed by atoms with Crippen LogP contribution < -0.4 is 5.32 Å². The molecule has 104 valence electrons. The third-order valence-electron chi connectivity index (χ3n) is 2.99. The number of carboxylic acids is 1. The molecule has 19 heavy (non-hydrogen) atoms. The molecule has 0 aliphatic carbocycles. The zero-order valence-electron chi connectivity index (χ0n) is 11.6. The molecule has 0 bridgehead atoms. The van der Waals surface area contributed by atoms with Gasteiger partial charge in [-0.1, -0.05) is 0 Å². The minimum Gasteiger partial charge on any atom is -0.478 e. The Morgan fingerprint density at radius 3 is 2.53 bits per heavy atom. The van der Waals surface area contributed by atoms with E-state index in [1.165, 1.54) is 12.1 Å². The summed E-state index contributed by atoms with van der Waals surface area (Å²) < 4.78 is 0. The van der Waals surface area contributed by atoms with Crippen LogP contribution in [0.15, 0.2) is 12.1 Å². The van der Waals surface area contributed by atoms with Gasteiger partial charge >= 0.3 is 5.97 Å². The van der Waals surface area contributed by atoms with Gasteiger partial charge in [-0.2, -0.15) is 0 Å². The molecule has 1 unspecified atom stereocenters. The first-order chi connectivity index (χ1) is 8.82. The van der Waals surface area contributed by atoms with E-state index in [0.717, 1.165) is 0 Å². The van der Waals surface area contributed by atoms with Gasteiger partial charge in [-0.3, -0.25) is 4.79 Å². The molecule has 6 heteroatoms. The number of carbonyl (C=O) groups is 2. The van der Waals surface area contributed by atoms with E-state index in [0.29, 0.717) is 12.2 Å². The van der Waals surface area contributed by atoms with Crippen molar-refractivity contribution in [3.63, 3.8) is 0 Å². The van der Waals surface area contributed by atoms with Gasteiger partial charge in [0.1, 0.15) is 5.69 Å². The van der Waals surface area contributed by atoms with Crippen LogP contribution in [0.3, 0.4) is 0 Å². The fourth-order valence-electron chi connectivity index (χ4n) is 1.43. The van der Waals surface area contributed by atoms with E-state index in [4.69, 9.17) is 5.11 Å². The summed E-state index contributed by atoms with van der Waals surface area (Å²) >= 11 is 0. The Kier molecular flexibility index (Phi) is 5.00. The highest BCUT2D eigenvalue weighted by atomic mass is 16.4. The third-order valence-corrected chi connectivity index (χ3v) is 2.99. The summed E-state index contributed by atoms with van der Waals surface area (Å²) in [5, 5.41) is 11.7.